The van der Waals surface area contributed by atoms with Gasteiger partial charge < -0.3 is 14.8 Å². The van der Waals surface area contributed by atoms with Crippen molar-refractivity contribution in [1.29, 1.82) is 0 Å². The molecule has 1 amide bonds. The van der Waals surface area contributed by atoms with Gasteiger partial charge in [-0.25, -0.2) is 0 Å². The number of hydrogen-bond donors (Lipinski definition) is 1. The second kappa shape index (κ2) is 8.56. The van der Waals surface area contributed by atoms with E-state index in [0.29, 0.717) is 34.5 Å². The summed E-state index contributed by atoms with van der Waals surface area (Å²) >= 11 is 12.0. The lowest BCUT2D eigenvalue weighted by Gasteiger charge is -2.14. The van der Waals surface area contributed by atoms with E-state index >= 15 is 0 Å². The summed E-state index contributed by atoms with van der Waals surface area (Å²) in [5.41, 5.74) is 1.29. The molecule has 1 heterocycles. The van der Waals surface area contributed by atoms with E-state index in [0.717, 1.165) is 25.0 Å². The van der Waals surface area contributed by atoms with Gasteiger partial charge in [-0.2, -0.15) is 0 Å². The van der Waals surface area contributed by atoms with Crippen LogP contribution in [-0.4, -0.2) is 25.2 Å². The molecule has 0 bridgehead atoms. The van der Waals surface area contributed by atoms with Crippen LogP contribution in [0.3, 0.4) is 0 Å². The van der Waals surface area contributed by atoms with Crippen LogP contribution in [0.25, 0.3) is 0 Å². The average molecular weight is 380 g/mol. The lowest BCUT2D eigenvalue weighted by atomic mass is 10.1. The maximum Gasteiger partial charge on any atom is 0.255 e. The van der Waals surface area contributed by atoms with Crippen molar-refractivity contribution >= 4 is 29.1 Å². The number of carbonyl (C=O) groups excluding carboxylic acids is 1. The number of rotatable bonds is 6. The highest BCUT2D eigenvalue weighted by Crippen LogP contribution is 2.22. The topological polar surface area (TPSA) is 47.6 Å². The summed E-state index contributed by atoms with van der Waals surface area (Å²) in [4.78, 5) is 12.5. The molecule has 1 fully saturated rings. The van der Waals surface area contributed by atoms with Crippen molar-refractivity contribution < 1.29 is 14.3 Å². The zero-order valence-electron chi connectivity index (χ0n) is 13.6. The van der Waals surface area contributed by atoms with Crippen molar-refractivity contribution in [2.45, 2.75) is 25.5 Å². The third-order valence-corrected chi connectivity index (χ3v) is 4.62. The first-order valence-corrected chi connectivity index (χ1v) is 8.94. The number of ether oxygens (including phenoxy) is 2. The van der Waals surface area contributed by atoms with Crippen LogP contribution in [0.15, 0.2) is 42.5 Å². The fourth-order valence-corrected chi connectivity index (χ4v) is 3.15. The Morgan fingerprint density at radius 1 is 1.24 bits per heavy atom. The van der Waals surface area contributed by atoms with Gasteiger partial charge in [-0.3, -0.25) is 4.79 Å². The van der Waals surface area contributed by atoms with E-state index in [1.54, 1.807) is 30.3 Å². The lowest BCUT2D eigenvalue weighted by molar-refractivity contribution is 0.0670. The largest absolute Gasteiger partial charge is 0.490 e. The van der Waals surface area contributed by atoms with Crippen LogP contribution >= 0.6 is 23.2 Å². The number of carbonyl (C=O) groups is 1. The molecule has 3 rings (SSSR count). The molecule has 4 nitrogen and oxygen atoms in total. The van der Waals surface area contributed by atoms with Crippen LogP contribution in [0.4, 0.5) is 0 Å². The van der Waals surface area contributed by atoms with Crippen LogP contribution in [0, 0.1) is 0 Å². The first kappa shape index (κ1) is 18.1. The standard InChI is InChI=1S/C19H19Cl2NO3/c20-14-8-7-13(17(21)10-14)11-22-19(23)16-5-1-2-6-18(16)25-12-15-4-3-9-24-15/h1-2,5-8,10,15H,3-4,9,11-12H2,(H,22,23). The van der Waals surface area contributed by atoms with Crippen LogP contribution in [0.5, 0.6) is 5.75 Å². The van der Waals surface area contributed by atoms with Gasteiger partial charge in [0.05, 0.1) is 11.7 Å². The van der Waals surface area contributed by atoms with Gasteiger partial charge in [0, 0.05) is 23.2 Å². The fraction of sp³-hybridized carbons (Fsp3) is 0.316. The van der Waals surface area contributed by atoms with Gasteiger partial charge in [0.15, 0.2) is 0 Å². The molecule has 1 saturated heterocycles. The van der Waals surface area contributed by atoms with Gasteiger partial charge in [0.1, 0.15) is 12.4 Å². The molecular formula is C19H19Cl2NO3. The maximum atomic E-state index is 12.5. The van der Waals surface area contributed by atoms with Gasteiger partial charge >= 0.3 is 0 Å². The SMILES string of the molecule is O=C(NCc1ccc(Cl)cc1Cl)c1ccccc1OCC1CCCO1. The monoisotopic (exact) mass is 379 g/mol. The zero-order valence-corrected chi connectivity index (χ0v) is 15.1. The molecule has 0 aromatic heterocycles. The predicted molar refractivity (Wildman–Crippen MR) is 98.5 cm³/mol. The first-order chi connectivity index (χ1) is 12.1. The summed E-state index contributed by atoms with van der Waals surface area (Å²) in [5, 5.41) is 3.95. The molecule has 132 valence electrons. The molecule has 0 aliphatic carbocycles. The van der Waals surface area contributed by atoms with E-state index < -0.39 is 0 Å². The van der Waals surface area contributed by atoms with E-state index in [1.165, 1.54) is 0 Å². The maximum absolute atomic E-state index is 12.5. The third kappa shape index (κ3) is 4.88. The Morgan fingerprint density at radius 3 is 2.84 bits per heavy atom. The molecular weight excluding hydrogens is 361 g/mol. The Labute approximate surface area is 157 Å². The summed E-state index contributed by atoms with van der Waals surface area (Å²) in [5.74, 6) is 0.340. The third-order valence-electron chi connectivity index (χ3n) is 4.03. The molecule has 0 saturated carbocycles. The fourth-order valence-electron chi connectivity index (χ4n) is 2.67. The molecule has 0 radical (unpaired) electrons. The highest BCUT2D eigenvalue weighted by atomic mass is 35.5. The van der Waals surface area contributed by atoms with Crippen LogP contribution < -0.4 is 10.1 Å². The highest BCUT2D eigenvalue weighted by Gasteiger charge is 2.18. The average Bonchev–Trinajstić information content (AvgIpc) is 3.13. The summed E-state index contributed by atoms with van der Waals surface area (Å²) < 4.78 is 11.4. The minimum Gasteiger partial charge on any atom is -0.490 e. The first-order valence-electron chi connectivity index (χ1n) is 8.19. The van der Waals surface area contributed by atoms with Crippen LogP contribution in [0.1, 0.15) is 28.8 Å². The molecule has 25 heavy (non-hydrogen) atoms. The minimum atomic E-state index is -0.214. The normalized spacial score (nSPS) is 16.6. The highest BCUT2D eigenvalue weighted by molar-refractivity contribution is 6.35. The van der Waals surface area contributed by atoms with Gasteiger partial charge in [-0.1, -0.05) is 41.4 Å². The zero-order chi connectivity index (χ0) is 17.6. The molecule has 1 atom stereocenters. The van der Waals surface area contributed by atoms with Crippen molar-refractivity contribution in [2.24, 2.45) is 0 Å². The summed E-state index contributed by atoms with van der Waals surface area (Å²) in [7, 11) is 0. The Morgan fingerprint density at radius 2 is 2.08 bits per heavy atom. The lowest BCUT2D eigenvalue weighted by Crippen LogP contribution is -2.24. The molecule has 0 spiro atoms. The number of hydrogen-bond acceptors (Lipinski definition) is 3. The Kier molecular flexibility index (Phi) is 6.19. The minimum absolute atomic E-state index is 0.101. The summed E-state index contributed by atoms with van der Waals surface area (Å²) in [6.07, 6.45) is 2.14. The van der Waals surface area contributed by atoms with Crippen molar-refractivity contribution in [3.8, 4) is 5.75 Å². The Balaban J connectivity index is 1.63. The van der Waals surface area contributed by atoms with Gasteiger partial charge in [-0.05, 0) is 42.7 Å². The van der Waals surface area contributed by atoms with Crippen LogP contribution in [-0.2, 0) is 11.3 Å². The Bertz CT molecular complexity index is 745. The van der Waals surface area contributed by atoms with Gasteiger partial charge in [0.25, 0.3) is 5.91 Å². The summed E-state index contributed by atoms with van der Waals surface area (Å²) in [6.45, 7) is 1.54. The second-order valence-corrected chi connectivity index (χ2v) is 6.70. The number of benzene rings is 2. The number of nitrogens with one attached hydrogen (secondary N) is 1. The molecule has 1 N–H and O–H groups in total. The van der Waals surface area contributed by atoms with E-state index in [1.807, 2.05) is 12.1 Å². The molecule has 2 aromatic rings. The van der Waals surface area contributed by atoms with Crippen molar-refractivity contribution in [3.63, 3.8) is 0 Å². The van der Waals surface area contributed by atoms with E-state index in [4.69, 9.17) is 32.7 Å². The van der Waals surface area contributed by atoms with E-state index in [9.17, 15) is 4.79 Å². The van der Waals surface area contributed by atoms with E-state index in [2.05, 4.69) is 5.32 Å². The van der Waals surface area contributed by atoms with Gasteiger partial charge in [0.2, 0.25) is 0 Å². The Hall–Kier alpha value is -1.75. The summed E-state index contributed by atoms with van der Waals surface area (Å²) in [6, 6.07) is 12.4. The molecule has 1 unspecified atom stereocenters. The van der Waals surface area contributed by atoms with Crippen molar-refractivity contribution in [1.82, 2.24) is 5.32 Å². The molecule has 2 aromatic carbocycles. The van der Waals surface area contributed by atoms with Crippen LogP contribution in [0.2, 0.25) is 10.0 Å². The van der Waals surface area contributed by atoms with Crippen molar-refractivity contribution in [3.05, 3.63) is 63.6 Å². The quantitative estimate of drug-likeness (QED) is 0.804. The number of amides is 1. The predicted octanol–water partition coefficient (Wildman–Crippen LogP) is 4.48. The molecule has 1 aliphatic heterocycles. The second-order valence-electron chi connectivity index (χ2n) is 5.86. The molecule has 1 aliphatic rings. The van der Waals surface area contributed by atoms with E-state index in [-0.39, 0.29) is 12.0 Å². The smallest absolute Gasteiger partial charge is 0.255 e. The molecule has 6 heteroatoms. The number of halogens is 2. The van der Waals surface area contributed by atoms with Crippen molar-refractivity contribution in [2.75, 3.05) is 13.2 Å². The number of para-hydroxylation sites is 1. The van der Waals surface area contributed by atoms with Gasteiger partial charge in [-0.15, -0.1) is 0 Å².